The van der Waals surface area contributed by atoms with E-state index in [4.69, 9.17) is 5.26 Å². The molecule has 5 nitrogen and oxygen atoms in total. The quantitative estimate of drug-likeness (QED) is 0.920. The van der Waals surface area contributed by atoms with Gasteiger partial charge in [0.2, 0.25) is 0 Å². The van der Waals surface area contributed by atoms with Crippen LogP contribution in [0.25, 0.3) is 0 Å². The Morgan fingerprint density at radius 3 is 2.89 bits per heavy atom. The van der Waals surface area contributed by atoms with E-state index in [2.05, 4.69) is 15.3 Å². The van der Waals surface area contributed by atoms with Gasteiger partial charge in [-0.25, -0.2) is 9.97 Å². The van der Waals surface area contributed by atoms with Crippen molar-refractivity contribution in [3.63, 3.8) is 0 Å². The van der Waals surface area contributed by atoms with Gasteiger partial charge in [0.25, 0.3) is 0 Å². The number of nitriles is 1. The van der Waals surface area contributed by atoms with Crippen molar-refractivity contribution in [2.45, 2.75) is 5.75 Å². The average Bonchev–Trinajstić information content (AvgIpc) is 2.39. The van der Waals surface area contributed by atoms with E-state index in [-0.39, 0.29) is 5.69 Å². The molecule has 1 heterocycles. The van der Waals surface area contributed by atoms with E-state index in [1.54, 1.807) is 6.26 Å². The van der Waals surface area contributed by atoms with Crippen molar-refractivity contribution < 1.29 is 4.21 Å². The molecule has 2 aromatic rings. The molecule has 96 valence electrons. The Hall–Kier alpha value is -2.26. The number of aromatic nitrogens is 2. The highest BCUT2D eigenvalue weighted by Crippen LogP contribution is 2.18. The lowest BCUT2D eigenvalue weighted by molar-refractivity contribution is 0.686. The summed E-state index contributed by atoms with van der Waals surface area (Å²) in [5.41, 5.74) is 2.00. The summed E-state index contributed by atoms with van der Waals surface area (Å²) < 4.78 is 11.2. The predicted octanol–water partition coefficient (Wildman–Crippen LogP) is 1.97. The minimum atomic E-state index is -0.885. The van der Waals surface area contributed by atoms with Gasteiger partial charge in [-0.15, -0.1) is 0 Å². The fourth-order valence-corrected chi connectivity index (χ4v) is 2.27. The molecule has 0 aliphatic carbocycles. The Morgan fingerprint density at radius 2 is 2.16 bits per heavy atom. The summed E-state index contributed by atoms with van der Waals surface area (Å²) in [6.45, 7) is 0. The van der Waals surface area contributed by atoms with Gasteiger partial charge in [0.15, 0.2) is 11.5 Å². The molecule has 0 spiro atoms. The number of hydrogen-bond acceptors (Lipinski definition) is 5. The number of nitrogens with zero attached hydrogens (tertiary/aromatic N) is 3. The van der Waals surface area contributed by atoms with Crippen molar-refractivity contribution in [1.82, 2.24) is 9.97 Å². The molecule has 6 heteroatoms. The Kier molecular flexibility index (Phi) is 4.21. The van der Waals surface area contributed by atoms with Crippen LogP contribution < -0.4 is 5.32 Å². The van der Waals surface area contributed by atoms with Gasteiger partial charge in [-0.1, -0.05) is 12.1 Å². The summed E-state index contributed by atoms with van der Waals surface area (Å²) >= 11 is 0. The molecule has 1 N–H and O–H groups in total. The van der Waals surface area contributed by atoms with Crippen molar-refractivity contribution >= 4 is 22.3 Å². The number of nitrogens with one attached hydrogen (secondary N) is 1. The molecule has 1 unspecified atom stereocenters. The maximum Gasteiger partial charge on any atom is 0.183 e. The van der Waals surface area contributed by atoms with Crippen LogP contribution in [0, 0.1) is 11.3 Å². The van der Waals surface area contributed by atoms with Gasteiger partial charge in [-0.3, -0.25) is 4.21 Å². The first-order valence-corrected chi connectivity index (χ1v) is 7.29. The zero-order valence-corrected chi connectivity index (χ0v) is 11.1. The third-order valence-electron chi connectivity index (χ3n) is 2.36. The van der Waals surface area contributed by atoms with Crippen molar-refractivity contribution in [2.24, 2.45) is 0 Å². The first-order chi connectivity index (χ1) is 9.19. The molecule has 0 radical (unpaired) electrons. The van der Waals surface area contributed by atoms with Crippen LogP contribution in [0.2, 0.25) is 0 Å². The van der Waals surface area contributed by atoms with Gasteiger partial charge in [0.1, 0.15) is 6.07 Å². The molecule has 0 saturated carbocycles. The first-order valence-electron chi connectivity index (χ1n) is 5.56. The smallest absolute Gasteiger partial charge is 0.183 e. The highest BCUT2D eigenvalue weighted by molar-refractivity contribution is 7.83. The third kappa shape index (κ3) is 3.60. The standard InChI is InChI=1S/C13H12N4OS/c1-19(18)9-10-3-2-4-11(7-10)17-13-12(8-14)15-5-6-16-13/h2-7H,9H2,1H3,(H,16,17). The number of benzene rings is 1. The summed E-state index contributed by atoms with van der Waals surface area (Å²) in [4.78, 5) is 8.01. The second kappa shape index (κ2) is 6.07. The van der Waals surface area contributed by atoms with Crippen LogP contribution in [0.1, 0.15) is 11.3 Å². The molecule has 19 heavy (non-hydrogen) atoms. The molecular weight excluding hydrogens is 260 g/mol. The van der Waals surface area contributed by atoms with E-state index in [1.165, 1.54) is 12.4 Å². The van der Waals surface area contributed by atoms with E-state index in [0.29, 0.717) is 11.6 Å². The normalized spacial score (nSPS) is 11.6. The zero-order valence-electron chi connectivity index (χ0n) is 10.3. The molecule has 2 rings (SSSR count). The van der Waals surface area contributed by atoms with Gasteiger partial charge in [0.05, 0.1) is 0 Å². The van der Waals surface area contributed by atoms with Crippen LogP contribution in [0.4, 0.5) is 11.5 Å². The molecule has 0 amide bonds. The predicted molar refractivity (Wildman–Crippen MR) is 74.2 cm³/mol. The SMILES string of the molecule is CS(=O)Cc1cccc(Nc2nccnc2C#N)c1. The van der Waals surface area contributed by atoms with Crippen molar-refractivity contribution in [3.05, 3.63) is 47.9 Å². The highest BCUT2D eigenvalue weighted by Gasteiger charge is 2.05. The van der Waals surface area contributed by atoms with Crippen LogP contribution in [0.15, 0.2) is 36.7 Å². The second-order valence-corrected chi connectivity index (χ2v) is 5.34. The van der Waals surface area contributed by atoms with Gasteiger partial charge < -0.3 is 5.32 Å². The fourth-order valence-electron chi connectivity index (χ4n) is 1.62. The summed E-state index contributed by atoms with van der Waals surface area (Å²) in [6.07, 6.45) is 4.66. The minimum absolute atomic E-state index is 0.243. The van der Waals surface area contributed by atoms with Crippen molar-refractivity contribution in [2.75, 3.05) is 11.6 Å². The fraction of sp³-hybridized carbons (Fsp3) is 0.154. The van der Waals surface area contributed by atoms with Crippen LogP contribution in [-0.2, 0) is 16.6 Å². The van der Waals surface area contributed by atoms with Crippen molar-refractivity contribution in [3.8, 4) is 6.07 Å². The van der Waals surface area contributed by atoms with Crippen LogP contribution >= 0.6 is 0 Å². The molecule has 1 aromatic carbocycles. The summed E-state index contributed by atoms with van der Waals surface area (Å²) in [7, 11) is -0.885. The van der Waals surface area contributed by atoms with E-state index in [1.807, 2.05) is 30.3 Å². The van der Waals surface area contributed by atoms with Crippen LogP contribution in [-0.4, -0.2) is 20.4 Å². The molecule has 0 aliphatic rings. The largest absolute Gasteiger partial charge is 0.338 e. The Balaban J connectivity index is 2.24. The molecule has 0 aliphatic heterocycles. The average molecular weight is 272 g/mol. The Labute approximate surface area is 113 Å². The molecular formula is C13H12N4OS. The lowest BCUT2D eigenvalue weighted by atomic mass is 10.2. The maximum absolute atomic E-state index is 11.2. The number of rotatable bonds is 4. The van der Waals surface area contributed by atoms with E-state index >= 15 is 0 Å². The number of hydrogen-bond donors (Lipinski definition) is 1. The van der Waals surface area contributed by atoms with Gasteiger partial charge in [-0.2, -0.15) is 5.26 Å². The zero-order chi connectivity index (χ0) is 13.7. The second-order valence-electron chi connectivity index (χ2n) is 3.91. The summed E-state index contributed by atoms with van der Waals surface area (Å²) in [6, 6.07) is 9.50. The van der Waals surface area contributed by atoms with Crippen LogP contribution in [0.5, 0.6) is 0 Å². The first kappa shape index (κ1) is 13.2. The van der Waals surface area contributed by atoms with E-state index in [9.17, 15) is 4.21 Å². The molecule has 0 bridgehead atoms. The third-order valence-corrected chi connectivity index (χ3v) is 3.10. The van der Waals surface area contributed by atoms with Crippen molar-refractivity contribution in [1.29, 1.82) is 5.26 Å². The Bertz CT molecular complexity index is 651. The lowest BCUT2D eigenvalue weighted by Crippen LogP contribution is -1.99. The van der Waals surface area contributed by atoms with Gasteiger partial charge >= 0.3 is 0 Å². The summed E-state index contributed by atoms with van der Waals surface area (Å²) in [5, 5.41) is 12.0. The molecule has 0 fully saturated rings. The van der Waals surface area contributed by atoms with Gasteiger partial charge in [0, 0.05) is 40.9 Å². The van der Waals surface area contributed by atoms with E-state index in [0.717, 1.165) is 11.3 Å². The highest BCUT2D eigenvalue weighted by atomic mass is 32.2. The van der Waals surface area contributed by atoms with E-state index < -0.39 is 10.8 Å². The van der Waals surface area contributed by atoms with Gasteiger partial charge in [-0.05, 0) is 17.7 Å². The molecule has 1 aromatic heterocycles. The maximum atomic E-state index is 11.2. The monoisotopic (exact) mass is 272 g/mol. The summed E-state index contributed by atoms with van der Waals surface area (Å²) in [5.74, 6) is 0.918. The lowest BCUT2D eigenvalue weighted by Gasteiger charge is -2.07. The topological polar surface area (TPSA) is 78.7 Å². The molecule has 1 atom stereocenters. The Morgan fingerprint density at radius 1 is 1.37 bits per heavy atom. The minimum Gasteiger partial charge on any atom is -0.338 e. The number of anilines is 2. The molecule has 0 saturated heterocycles. The van der Waals surface area contributed by atoms with Crippen LogP contribution in [0.3, 0.4) is 0 Å².